The molecular formula is C23H40O3. The molecule has 26 heavy (non-hydrogen) atoms. The van der Waals surface area contributed by atoms with E-state index in [9.17, 15) is 9.59 Å². The molecule has 0 amide bonds. The molecule has 1 unspecified atom stereocenters. The number of allylic oxidation sites excluding steroid dienone is 1. The summed E-state index contributed by atoms with van der Waals surface area (Å²) in [6, 6.07) is 0. The Morgan fingerprint density at radius 3 is 1.65 bits per heavy atom. The Bertz CT molecular complexity index is 400. The summed E-state index contributed by atoms with van der Waals surface area (Å²) in [4.78, 5) is 22.3. The van der Waals surface area contributed by atoms with Gasteiger partial charge in [0, 0.05) is 0 Å². The highest BCUT2D eigenvalue weighted by atomic mass is 16.6. The average Bonchev–Trinajstić information content (AvgIpc) is 2.95. The predicted molar refractivity (Wildman–Crippen MR) is 108 cm³/mol. The quantitative estimate of drug-likeness (QED) is 0.122. The molecule has 1 heterocycles. The van der Waals surface area contributed by atoms with E-state index in [1.54, 1.807) is 0 Å². The molecule has 0 saturated carbocycles. The summed E-state index contributed by atoms with van der Waals surface area (Å²) >= 11 is 0. The van der Waals surface area contributed by atoms with Crippen LogP contribution in [0.4, 0.5) is 0 Å². The highest BCUT2D eigenvalue weighted by Gasteiger charge is 2.30. The molecule has 1 rings (SSSR count). The monoisotopic (exact) mass is 364 g/mol. The average molecular weight is 365 g/mol. The number of ether oxygens (including phenoxy) is 1. The molecule has 0 radical (unpaired) electrons. The largest absolute Gasteiger partial charge is 0.393 e. The van der Waals surface area contributed by atoms with Gasteiger partial charge in [-0.05, 0) is 12.8 Å². The molecular weight excluding hydrogens is 324 g/mol. The lowest BCUT2D eigenvalue weighted by molar-refractivity contribution is -0.152. The van der Waals surface area contributed by atoms with Gasteiger partial charge in [-0.25, -0.2) is 0 Å². The maximum atomic E-state index is 11.3. The molecule has 150 valence electrons. The second-order valence-corrected chi connectivity index (χ2v) is 7.77. The number of hydrogen-bond donors (Lipinski definition) is 0. The Morgan fingerprint density at radius 1 is 0.769 bits per heavy atom. The van der Waals surface area contributed by atoms with E-state index < -0.39 is 5.97 Å². The van der Waals surface area contributed by atoms with Gasteiger partial charge in [0.15, 0.2) is 0 Å². The third kappa shape index (κ3) is 12.3. The first-order valence-corrected chi connectivity index (χ1v) is 11.1. The SMILES string of the molecule is CCCCCCCCCCCCCCCCCC=CC1CC(=O)OC1=O. The van der Waals surface area contributed by atoms with E-state index in [4.69, 9.17) is 0 Å². The molecule has 0 aromatic heterocycles. The van der Waals surface area contributed by atoms with Crippen LogP contribution in [0.2, 0.25) is 0 Å². The first-order chi connectivity index (χ1) is 12.7. The zero-order valence-corrected chi connectivity index (χ0v) is 17.0. The van der Waals surface area contributed by atoms with Gasteiger partial charge in [-0.1, -0.05) is 109 Å². The fraction of sp³-hybridized carbons (Fsp3) is 0.826. The number of hydrogen-bond acceptors (Lipinski definition) is 3. The summed E-state index contributed by atoms with van der Waals surface area (Å²) in [6.45, 7) is 2.28. The Labute approximate surface area is 161 Å². The van der Waals surface area contributed by atoms with Crippen molar-refractivity contribution in [2.24, 2.45) is 5.92 Å². The third-order valence-electron chi connectivity index (χ3n) is 5.25. The van der Waals surface area contributed by atoms with Crippen LogP contribution < -0.4 is 0 Å². The van der Waals surface area contributed by atoms with Gasteiger partial charge in [0.25, 0.3) is 0 Å². The van der Waals surface area contributed by atoms with Crippen molar-refractivity contribution in [2.75, 3.05) is 0 Å². The second kappa shape index (κ2) is 16.1. The summed E-state index contributed by atoms with van der Waals surface area (Å²) in [7, 11) is 0. The molecule has 0 N–H and O–H groups in total. The van der Waals surface area contributed by atoms with Crippen LogP contribution in [0.5, 0.6) is 0 Å². The number of carbonyl (C=O) groups is 2. The van der Waals surface area contributed by atoms with Gasteiger partial charge < -0.3 is 4.74 Å². The zero-order valence-electron chi connectivity index (χ0n) is 17.0. The molecule has 3 nitrogen and oxygen atoms in total. The van der Waals surface area contributed by atoms with E-state index >= 15 is 0 Å². The minimum Gasteiger partial charge on any atom is -0.393 e. The topological polar surface area (TPSA) is 43.4 Å². The van der Waals surface area contributed by atoms with Crippen LogP contribution in [0.3, 0.4) is 0 Å². The zero-order chi connectivity index (χ0) is 18.9. The van der Waals surface area contributed by atoms with Crippen LogP contribution in [0.15, 0.2) is 12.2 Å². The minimum absolute atomic E-state index is 0.216. The third-order valence-corrected chi connectivity index (χ3v) is 5.25. The summed E-state index contributed by atoms with van der Waals surface area (Å²) in [5.74, 6) is -1.11. The number of rotatable bonds is 17. The van der Waals surface area contributed by atoms with Crippen molar-refractivity contribution in [3.63, 3.8) is 0 Å². The van der Waals surface area contributed by atoms with E-state index in [2.05, 4.69) is 11.7 Å². The van der Waals surface area contributed by atoms with Crippen LogP contribution >= 0.6 is 0 Å². The van der Waals surface area contributed by atoms with Crippen molar-refractivity contribution >= 4 is 11.9 Å². The molecule has 0 aromatic carbocycles. The Morgan fingerprint density at radius 2 is 1.23 bits per heavy atom. The number of unbranched alkanes of at least 4 members (excludes halogenated alkanes) is 15. The lowest BCUT2D eigenvalue weighted by Crippen LogP contribution is -2.03. The van der Waals surface area contributed by atoms with Crippen molar-refractivity contribution in [2.45, 2.75) is 116 Å². The number of esters is 2. The van der Waals surface area contributed by atoms with Crippen molar-refractivity contribution in [3.05, 3.63) is 12.2 Å². The lowest BCUT2D eigenvalue weighted by atomic mass is 10.0. The van der Waals surface area contributed by atoms with E-state index in [1.165, 1.54) is 96.3 Å². The van der Waals surface area contributed by atoms with E-state index in [-0.39, 0.29) is 18.3 Å². The second-order valence-electron chi connectivity index (χ2n) is 7.77. The smallest absolute Gasteiger partial charge is 0.321 e. The van der Waals surface area contributed by atoms with E-state index in [0.29, 0.717) is 0 Å². The predicted octanol–water partition coefficient (Wildman–Crippen LogP) is 6.89. The normalized spacial score (nSPS) is 17.3. The van der Waals surface area contributed by atoms with Crippen molar-refractivity contribution in [3.8, 4) is 0 Å². The Kier molecular flexibility index (Phi) is 14.2. The molecule has 1 saturated heterocycles. The van der Waals surface area contributed by atoms with Gasteiger partial charge >= 0.3 is 11.9 Å². The molecule has 1 fully saturated rings. The first-order valence-electron chi connectivity index (χ1n) is 11.1. The molecule has 0 aliphatic carbocycles. The van der Waals surface area contributed by atoms with Gasteiger partial charge in [0.2, 0.25) is 0 Å². The molecule has 1 atom stereocenters. The number of carbonyl (C=O) groups excluding carboxylic acids is 2. The van der Waals surface area contributed by atoms with Gasteiger partial charge in [-0.15, -0.1) is 0 Å². The molecule has 0 aromatic rings. The Balaban J connectivity index is 1.76. The highest BCUT2D eigenvalue weighted by molar-refractivity contribution is 5.95. The van der Waals surface area contributed by atoms with Crippen LogP contribution in [-0.2, 0) is 14.3 Å². The molecule has 0 bridgehead atoms. The highest BCUT2D eigenvalue weighted by Crippen LogP contribution is 2.18. The molecule has 0 spiro atoms. The maximum Gasteiger partial charge on any atom is 0.321 e. The summed E-state index contributed by atoms with van der Waals surface area (Å²) < 4.78 is 4.53. The fourth-order valence-electron chi connectivity index (χ4n) is 3.53. The van der Waals surface area contributed by atoms with Gasteiger partial charge in [-0.2, -0.15) is 0 Å². The Hall–Kier alpha value is -1.12. The number of cyclic esters (lactones) is 2. The van der Waals surface area contributed by atoms with Gasteiger partial charge in [0.05, 0.1) is 12.3 Å². The maximum absolute atomic E-state index is 11.3. The molecule has 1 aliphatic heterocycles. The lowest BCUT2D eigenvalue weighted by Gasteiger charge is -2.03. The van der Waals surface area contributed by atoms with Crippen molar-refractivity contribution in [1.82, 2.24) is 0 Å². The minimum atomic E-state index is -0.392. The van der Waals surface area contributed by atoms with Crippen molar-refractivity contribution in [1.29, 1.82) is 0 Å². The van der Waals surface area contributed by atoms with Crippen LogP contribution in [0.1, 0.15) is 116 Å². The fourth-order valence-corrected chi connectivity index (χ4v) is 3.53. The molecule has 1 aliphatic rings. The van der Waals surface area contributed by atoms with Gasteiger partial charge in [0.1, 0.15) is 0 Å². The van der Waals surface area contributed by atoms with Gasteiger partial charge in [-0.3, -0.25) is 9.59 Å². The summed E-state index contributed by atoms with van der Waals surface area (Å²) in [5, 5.41) is 0. The summed E-state index contributed by atoms with van der Waals surface area (Å²) in [6.07, 6.45) is 25.7. The van der Waals surface area contributed by atoms with Crippen LogP contribution in [-0.4, -0.2) is 11.9 Å². The van der Waals surface area contributed by atoms with Crippen molar-refractivity contribution < 1.29 is 14.3 Å². The molecule has 3 heteroatoms. The van der Waals surface area contributed by atoms with E-state index in [1.807, 2.05) is 12.2 Å². The summed E-state index contributed by atoms with van der Waals surface area (Å²) in [5.41, 5.74) is 0. The first kappa shape index (κ1) is 22.9. The van der Waals surface area contributed by atoms with Crippen LogP contribution in [0, 0.1) is 5.92 Å². The van der Waals surface area contributed by atoms with E-state index in [0.717, 1.165) is 6.42 Å². The standard InChI is InChI=1S/C23H40O3/c1-2-3-4-5-6-7-8-9-10-11-12-13-14-15-16-17-18-19-21-20-22(24)26-23(21)25/h18-19,21H,2-17,20H2,1H3. The van der Waals surface area contributed by atoms with Crippen LogP contribution in [0.25, 0.3) is 0 Å².